The number of aromatic nitrogens is 1. The SMILES string of the molecule is CC(=Cc1ccnc2ccccc12)CNC(C)(C)C. The predicted octanol–water partition coefficient (Wildman–Crippen LogP) is 4.03. The number of pyridine rings is 1. The summed E-state index contributed by atoms with van der Waals surface area (Å²) in [6, 6.07) is 10.3. The smallest absolute Gasteiger partial charge is 0.0707 e. The number of para-hydroxylation sites is 1. The van der Waals surface area contributed by atoms with E-state index >= 15 is 0 Å². The lowest BCUT2D eigenvalue weighted by Crippen LogP contribution is -2.36. The Bertz CT molecular complexity index is 586. The molecule has 0 fully saturated rings. The summed E-state index contributed by atoms with van der Waals surface area (Å²) in [5.74, 6) is 0. The summed E-state index contributed by atoms with van der Waals surface area (Å²) < 4.78 is 0. The van der Waals surface area contributed by atoms with Crippen LogP contribution >= 0.6 is 0 Å². The number of fused-ring (bicyclic) bond motifs is 1. The molecule has 0 amide bonds. The summed E-state index contributed by atoms with van der Waals surface area (Å²) >= 11 is 0. The highest BCUT2D eigenvalue weighted by atomic mass is 14.9. The first-order valence-electron chi connectivity index (χ1n) is 6.72. The van der Waals surface area contributed by atoms with Crippen molar-refractivity contribution in [1.29, 1.82) is 0 Å². The third-order valence-electron chi connectivity index (χ3n) is 2.98. The molecule has 1 aromatic heterocycles. The molecule has 1 heterocycles. The van der Waals surface area contributed by atoms with Crippen LogP contribution in [0.15, 0.2) is 42.1 Å². The summed E-state index contributed by atoms with van der Waals surface area (Å²) in [5.41, 5.74) is 3.76. The van der Waals surface area contributed by atoms with Crippen LogP contribution in [0.25, 0.3) is 17.0 Å². The summed E-state index contributed by atoms with van der Waals surface area (Å²) in [5, 5.41) is 4.71. The van der Waals surface area contributed by atoms with Gasteiger partial charge in [0, 0.05) is 23.7 Å². The maximum absolute atomic E-state index is 4.39. The molecule has 0 radical (unpaired) electrons. The van der Waals surface area contributed by atoms with E-state index in [1.54, 1.807) is 0 Å². The van der Waals surface area contributed by atoms with E-state index < -0.39 is 0 Å². The molecule has 0 aliphatic carbocycles. The van der Waals surface area contributed by atoms with Crippen LogP contribution in [0.4, 0.5) is 0 Å². The Hall–Kier alpha value is -1.67. The van der Waals surface area contributed by atoms with Crippen LogP contribution in [0.2, 0.25) is 0 Å². The molecule has 19 heavy (non-hydrogen) atoms. The van der Waals surface area contributed by atoms with Gasteiger partial charge in [-0.25, -0.2) is 0 Å². The van der Waals surface area contributed by atoms with Crippen molar-refractivity contribution in [3.8, 4) is 0 Å². The largest absolute Gasteiger partial charge is 0.308 e. The van der Waals surface area contributed by atoms with Gasteiger partial charge in [-0.05, 0) is 45.4 Å². The summed E-state index contributed by atoms with van der Waals surface area (Å²) in [6.45, 7) is 9.61. The zero-order chi connectivity index (χ0) is 13.9. The fourth-order valence-corrected chi connectivity index (χ4v) is 1.96. The van der Waals surface area contributed by atoms with Gasteiger partial charge in [0.25, 0.3) is 0 Å². The lowest BCUT2D eigenvalue weighted by Gasteiger charge is -2.20. The molecule has 0 saturated heterocycles. The van der Waals surface area contributed by atoms with Crippen molar-refractivity contribution in [3.63, 3.8) is 0 Å². The predicted molar refractivity (Wildman–Crippen MR) is 83.1 cm³/mol. The zero-order valence-corrected chi connectivity index (χ0v) is 12.2. The molecule has 0 bridgehead atoms. The standard InChI is InChI=1S/C17H22N2/c1-13(12-19-17(2,3)4)11-14-9-10-18-16-8-6-5-7-15(14)16/h5-11,19H,12H2,1-4H3. The zero-order valence-electron chi connectivity index (χ0n) is 12.2. The number of benzene rings is 1. The Kier molecular flexibility index (Phi) is 4.01. The van der Waals surface area contributed by atoms with Crippen LogP contribution in [0.1, 0.15) is 33.3 Å². The first-order valence-corrected chi connectivity index (χ1v) is 6.72. The minimum atomic E-state index is 0.148. The van der Waals surface area contributed by atoms with E-state index in [0.717, 1.165) is 12.1 Å². The number of nitrogens with one attached hydrogen (secondary N) is 1. The second kappa shape index (κ2) is 5.54. The van der Waals surface area contributed by atoms with Crippen molar-refractivity contribution < 1.29 is 0 Å². The molecule has 0 saturated carbocycles. The van der Waals surface area contributed by atoms with Gasteiger partial charge in [0.05, 0.1) is 5.52 Å². The average molecular weight is 254 g/mol. The molecular formula is C17H22N2. The quantitative estimate of drug-likeness (QED) is 0.894. The molecule has 0 aliphatic heterocycles. The van der Waals surface area contributed by atoms with Crippen LogP contribution in [0.3, 0.4) is 0 Å². The van der Waals surface area contributed by atoms with E-state index in [1.807, 2.05) is 12.3 Å². The summed E-state index contributed by atoms with van der Waals surface area (Å²) in [4.78, 5) is 4.39. The van der Waals surface area contributed by atoms with Crippen LogP contribution in [0.5, 0.6) is 0 Å². The highest BCUT2D eigenvalue weighted by Crippen LogP contribution is 2.18. The topological polar surface area (TPSA) is 24.9 Å². The van der Waals surface area contributed by atoms with Crippen LogP contribution < -0.4 is 5.32 Å². The molecule has 2 heteroatoms. The number of rotatable bonds is 3. The van der Waals surface area contributed by atoms with E-state index in [-0.39, 0.29) is 5.54 Å². The van der Waals surface area contributed by atoms with Crippen molar-refractivity contribution in [2.75, 3.05) is 6.54 Å². The van der Waals surface area contributed by atoms with Crippen LogP contribution in [0, 0.1) is 0 Å². The van der Waals surface area contributed by atoms with Crippen molar-refractivity contribution in [1.82, 2.24) is 10.3 Å². The third kappa shape index (κ3) is 3.90. The maximum atomic E-state index is 4.39. The van der Waals surface area contributed by atoms with Crippen LogP contribution in [-0.4, -0.2) is 17.1 Å². The average Bonchev–Trinajstić information content (AvgIpc) is 2.36. The Balaban J connectivity index is 2.25. The van der Waals surface area contributed by atoms with Gasteiger partial charge < -0.3 is 5.32 Å². The van der Waals surface area contributed by atoms with Gasteiger partial charge in [-0.2, -0.15) is 0 Å². The molecule has 100 valence electrons. The minimum Gasteiger partial charge on any atom is -0.308 e. The van der Waals surface area contributed by atoms with Crippen molar-refractivity contribution in [2.24, 2.45) is 0 Å². The van der Waals surface area contributed by atoms with E-state index in [0.29, 0.717) is 0 Å². The monoisotopic (exact) mass is 254 g/mol. The molecule has 0 aliphatic rings. The van der Waals surface area contributed by atoms with Gasteiger partial charge in [0.1, 0.15) is 0 Å². The lowest BCUT2D eigenvalue weighted by molar-refractivity contribution is 0.445. The highest BCUT2D eigenvalue weighted by molar-refractivity contribution is 5.87. The molecule has 0 spiro atoms. The van der Waals surface area contributed by atoms with Crippen molar-refractivity contribution >= 4 is 17.0 Å². The van der Waals surface area contributed by atoms with E-state index in [9.17, 15) is 0 Å². The van der Waals surface area contributed by atoms with E-state index in [2.05, 4.69) is 68.3 Å². The molecular weight excluding hydrogens is 232 g/mol. The molecule has 1 aromatic carbocycles. The molecule has 2 rings (SSSR count). The van der Waals surface area contributed by atoms with Crippen LogP contribution in [-0.2, 0) is 0 Å². The number of hydrogen-bond acceptors (Lipinski definition) is 2. The Morgan fingerprint density at radius 3 is 2.68 bits per heavy atom. The lowest BCUT2D eigenvalue weighted by atomic mass is 10.1. The fourth-order valence-electron chi connectivity index (χ4n) is 1.96. The number of hydrogen-bond donors (Lipinski definition) is 1. The van der Waals surface area contributed by atoms with Gasteiger partial charge in [0.2, 0.25) is 0 Å². The first-order chi connectivity index (χ1) is 8.96. The van der Waals surface area contributed by atoms with Crippen molar-refractivity contribution in [2.45, 2.75) is 33.2 Å². The van der Waals surface area contributed by atoms with Crippen molar-refractivity contribution in [3.05, 3.63) is 47.7 Å². The van der Waals surface area contributed by atoms with E-state index in [1.165, 1.54) is 16.5 Å². The second-order valence-corrected chi connectivity index (χ2v) is 6.01. The third-order valence-corrected chi connectivity index (χ3v) is 2.98. The normalized spacial score (nSPS) is 12.9. The molecule has 2 aromatic rings. The summed E-state index contributed by atoms with van der Waals surface area (Å²) in [6.07, 6.45) is 4.11. The second-order valence-electron chi connectivity index (χ2n) is 6.01. The maximum Gasteiger partial charge on any atom is 0.0707 e. The van der Waals surface area contributed by atoms with Gasteiger partial charge in [-0.3, -0.25) is 4.98 Å². The molecule has 1 N–H and O–H groups in total. The Labute approximate surface area is 115 Å². The Morgan fingerprint density at radius 1 is 1.21 bits per heavy atom. The van der Waals surface area contributed by atoms with Gasteiger partial charge in [-0.15, -0.1) is 0 Å². The molecule has 2 nitrogen and oxygen atoms in total. The van der Waals surface area contributed by atoms with E-state index in [4.69, 9.17) is 0 Å². The molecule has 0 unspecified atom stereocenters. The van der Waals surface area contributed by atoms with Gasteiger partial charge in [0.15, 0.2) is 0 Å². The summed E-state index contributed by atoms with van der Waals surface area (Å²) in [7, 11) is 0. The van der Waals surface area contributed by atoms with Gasteiger partial charge in [-0.1, -0.05) is 29.8 Å². The Morgan fingerprint density at radius 2 is 1.95 bits per heavy atom. The fraction of sp³-hybridized carbons (Fsp3) is 0.353. The molecule has 0 atom stereocenters. The minimum absolute atomic E-state index is 0.148. The van der Waals surface area contributed by atoms with Gasteiger partial charge >= 0.3 is 0 Å². The number of nitrogens with zero attached hydrogens (tertiary/aromatic N) is 1. The first kappa shape index (κ1) is 13.8. The highest BCUT2D eigenvalue weighted by Gasteiger charge is 2.08.